The largest absolute Gasteiger partial charge is 0.312 e. The van der Waals surface area contributed by atoms with Gasteiger partial charge in [0.15, 0.2) is 0 Å². The highest BCUT2D eigenvalue weighted by Gasteiger charge is 2.39. The van der Waals surface area contributed by atoms with Crippen molar-refractivity contribution in [1.29, 1.82) is 0 Å². The first-order chi connectivity index (χ1) is 9.26. The SMILES string of the molecule is CCN1C2CCC1CC(NCCn1cc(Br)cn1)C2. The molecule has 4 nitrogen and oxygen atoms in total. The molecule has 3 rings (SSSR count). The van der Waals surface area contributed by atoms with Crippen LogP contribution in [-0.4, -0.2) is 45.9 Å². The molecule has 0 spiro atoms. The lowest BCUT2D eigenvalue weighted by Gasteiger charge is -2.38. The molecule has 19 heavy (non-hydrogen) atoms. The minimum Gasteiger partial charge on any atom is -0.312 e. The van der Waals surface area contributed by atoms with Crippen molar-refractivity contribution in [2.24, 2.45) is 0 Å². The lowest BCUT2D eigenvalue weighted by atomic mass is 9.97. The Hall–Kier alpha value is -0.390. The average Bonchev–Trinajstić information content (AvgIpc) is 2.91. The highest BCUT2D eigenvalue weighted by molar-refractivity contribution is 9.10. The summed E-state index contributed by atoms with van der Waals surface area (Å²) in [5.41, 5.74) is 0. The van der Waals surface area contributed by atoms with E-state index < -0.39 is 0 Å². The molecule has 2 saturated heterocycles. The number of rotatable bonds is 5. The van der Waals surface area contributed by atoms with Crippen molar-refractivity contribution in [1.82, 2.24) is 20.0 Å². The molecule has 0 aliphatic carbocycles. The summed E-state index contributed by atoms with van der Waals surface area (Å²) in [5.74, 6) is 0. The van der Waals surface area contributed by atoms with Gasteiger partial charge in [-0.25, -0.2) is 0 Å². The Morgan fingerprint density at radius 2 is 2.11 bits per heavy atom. The third-order valence-corrected chi connectivity index (χ3v) is 5.03. The average molecular weight is 327 g/mol. The van der Waals surface area contributed by atoms with E-state index in [1.165, 1.54) is 32.2 Å². The van der Waals surface area contributed by atoms with Gasteiger partial charge in [0.05, 0.1) is 17.2 Å². The summed E-state index contributed by atoms with van der Waals surface area (Å²) in [7, 11) is 0. The Labute approximate surface area is 123 Å². The Morgan fingerprint density at radius 3 is 2.68 bits per heavy atom. The van der Waals surface area contributed by atoms with Crippen molar-refractivity contribution in [3.63, 3.8) is 0 Å². The predicted octanol–water partition coefficient (Wildman–Crippen LogP) is 2.25. The van der Waals surface area contributed by atoms with Gasteiger partial charge in [0.25, 0.3) is 0 Å². The van der Waals surface area contributed by atoms with Gasteiger partial charge in [-0.05, 0) is 48.2 Å². The number of nitrogens with one attached hydrogen (secondary N) is 1. The zero-order valence-electron chi connectivity index (χ0n) is 11.6. The van der Waals surface area contributed by atoms with Crippen LogP contribution >= 0.6 is 15.9 Å². The van der Waals surface area contributed by atoms with Crippen molar-refractivity contribution in [3.05, 3.63) is 16.9 Å². The van der Waals surface area contributed by atoms with E-state index in [2.05, 4.69) is 38.2 Å². The maximum absolute atomic E-state index is 4.29. The third kappa shape index (κ3) is 3.03. The molecule has 1 aromatic rings. The Morgan fingerprint density at radius 1 is 1.37 bits per heavy atom. The fraction of sp³-hybridized carbons (Fsp3) is 0.786. The van der Waals surface area contributed by atoms with Crippen LogP contribution in [-0.2, 0) is 6.54 Å². The van der Waals surface area contributed by atoms with E-state index in [1.54, 1.807) is 0 Å². The number of fused-ring (bicyclic) bond motifs is 2. The number of nitrogens with zero attached hydrogens (tertiary/aromatic N) is 3. The van der Waals surface area contributed by atoms with Crippen LogP contribution < -0.4 is 5.32 Å². The molecule has 1 N–H and O–H groups in total. The van der Waals surface area contributed by atoms with Crippen LogP contribution in [0.5, 0.6) is 0 Å². The standard InChI is InChI=1S/C14H23BrN4/c1-2-19-13-3-4-14(19)8-12(7-13)16-5-6-18-10-11(15)9-17-18/h9-10,12-14,16H,2-8H2,1H3. The first kappa shape index (κ1) is 13.6. The second kappa shape index (κ2) is 5.94. The van der Waals surface area contributed by atoms with Gasteiger partial charge in [-0.1, -0.05) is 6.92 Å². The van der Waals surface area contributed by atoms with Crippen LogP contribution in [0.4, 0.5) is 0 Å². The van der Waals surface area contributed by atoms with Crippen molar-refractivity contribution in [2.75, 3.05) is 13.1 Å². The molecular weight excluding hydrogens is 304 g/mol. The highest BCUT2D eigenvalue weighted by atomic mass is 79.9. The minimum absolute atomic E-state index is 0.708. The zero-order chi connectivity index (χ0) is 13.2. The number of hydrogen-bond acceptors (Lipinski definition) is 3. The van der Waals surface area contributed by atoms with Gasteiger partial charge in [0, 0.05) is 30.9 Å². The lowest BCUT2D eigenvalue weighted by molar-refractivity contribution is 0.123. The van der Waals surface area contributed by atoms with E-state index in [0.29, 0.717) is 6.04 Å². The molecule has 0 radical (unpaired) electrons. The van der Waals surface area contributed by atoms with E-state index in [0.717, 1.165) is 29.6 Å². The number of aromatic nitrogens is 2. The molecule has 0 aromatic carbocycles. The first-order valence-electron chi connectivity index (χ1n) is 7.43. The number of halogens is 1. The zero-order valence-corrected chi connectivity index (χ0v) is 13.1. The molecule has 0 saturated carbocycles. The predicted molar refractivity (Wildman–Crippen MR) is 80.1 cm³/mol. The molecular formula is C14H23BrN4. The van der Waals surface area contributed by atoms with Gasteiger partial charge in [-0.15, -0.1) is 0 Å². The van der Waals surface area contributed by atoms with E-state index in [4.69, 9.17) is 0 Å². The molecule has 5 heteroatoms. The Balaban J connectivity index is 1.45. The summed E-state index contributed by atoms with van der Waals surface area (Å²) in [6.07, 6.45) is 9.34. The molecule has 1 aromatic heterocycles. The van der Waals surface area contributed by atoms with Gasteiger partial charge in [-0.3, -0.25) is 9.58 Å². The van der Waals surface area contributed by atoms with Crippen LogP contribution in [0.2, 0.25) is 0 Å². The topological polar surface area (TPSA) is 33.1 Å². The van der Waals surface area contributed by atoms with Crippen molar-refractivity contribution in [3.8, 4) is 0 Å². The summed E-state index contributed by atoms with van der Waals surface area (Å²) in [6, 6.07) is 2.37. The van der Waals surface area contributed by atoms with Crippen molar-refractivity contribution >= 4 is 15.9 Å². The molecule has 3 heterocycles. The molecule has 2 atom stereocenters. The maximum Gasteiger partial charge on any atom is 0.0632 e. The van der Waals surface area contributed by atoms with Gasteiger partial charge in [-0.2, -0.15) is 5.10 Å². The smallest absolute Gasteiger partial charge is 0.0632 e. The quantitative estimate of drug-likeness (QED) is 0.900. The lowest BCUT2D eigenvalue weighted by Crippen LogP contribution is -2.49. The van der Waals surface area contributed by atoms with Gasteiger partial charge in [0.1, 0.15) is 0 Å². The third-order valence-electron chi connectivity index (χ3n) is 4.63. The van der Waals surface area contributed by atoms with Gasteiger partial charge in [0.2, 0.25) is 0 Å². The maximum atomic E-state index is 4.29. The second-order valence-corrected chi connectivity index (χ2v) is 6.68. The highest BCUT2D eigenvalue weighted by Crippen LogP contribution is 2.35. The molecule has 0 amide bonds. The molecule has 2 fully saturated rings. The molecule has 2 aliphatic rings. The van der Waals surface area contributed by atoms with Crippen LogP contribution in [0.1, 0.15) is 32.6 Å². The second-order valence-electron chi connectivity index (χ2n) is 5.76. The number of piperidine rings is 1. The van der Waals surface area contributed by atoms with E-state index in [9.17, 15) is 0 Å². The Bertz CT molecular complexity index is 405. The van der Waals surface area contributed by atoms with Crippen molar-refractivity contribution < 1.29 is 0 Å². The summed E-state index contributed by atoms with van der Waals surface area (Å²) >= 11 is 3.43. The monoisotopic (exact) mass is 326 g/mol. The van der Waals surface area contributed by atoms with Crippen molar-refractivity contribution in [2.45, 2.75) is 57.3 Å². The Kier molecular flexibility index (Phi) is 4.24. The molecule has 2 aliphatic heterocycles. The molecule has 2 bridgehead atoms. The minimum atomic E-state index is 0.708. The molecule has 2 unspecified atom stereocenters. The van der Waals surface area contributed by atoms with E-state index in [-0.39, 0.29) is 0 Å². The van der Waals surface area contributed by atoms with Crippen LogP contribution in [0.15, 0.2) is 16.9 Å². The molecule has 106 valence electrons. The first-order valence-corrected chi connectivity index (χ1v) is 8.22. The van der Waals surface area contributed by atoms with Crippen LogP contribution in [0.25, 0.3) is 0 Å². The van der Waals surface area contributed by atoms with E-state index >= 15 is 0 Å². The fourth-order valence-corrected chi connectivity index (χ4v) is 4.13. The van der Waals surface area contributed by atoms with E-state index in [1.807, 2.05) is 17.1 Å². The van der Waals surface area contributed by atoms with Gasteiger partial charge < -0.3 is 5.32 Å². The summed E-state index contributed by atoms with van der Waals surface area (Å²) in [5, 5.41) is 8.01. The van der Waals surface area contributed by atoms with Crippen LogP contribution in [0.3, 0.4) is 0 Å². The van der Waals surface area contributed by atoms with Crippen LogP contribution in [0, 0.1) is 0 Å². The number of hydrogen-bond donors (Lipinski definition) is 1. The summed E-state index contributed by atoms with van der Waals surface area (Å²) in [4.78, 5) is 2.71. The summed E-state index contributed by atoms with van der Waals surface area (Å²) < 4.78 is 3.05. The summed E-state index contributed by atoms with van der Waals surface area (Å²) in [6.45, 7) is 5.50. The normalized spacial score (nSPS) is 30.9. The van der Waals surface area contributed by atoms with Gasteiger partial charge >= 0.3 is 0 Å². The fourth-order valence-electron chi connectivity index (χ4n) is 3.80.